The van der Waals surface area contributed by atoms with Gasteiger partial charge < -0.3 is 9.73 Å². The largest absolute Gasteiger partial charge is 0.422 e. The van der Waals surface area contributed by atoms with Crippen molar-refractivity contribution in [3.63, 3.8) is 0 Å². The first kappa shape index (κ1) is 19.8. The van der Waals surface area contributed by atoms with Gasteiger partial charge >= 0.3 is 5.63 Å². The van der Waals surface area contributed by atoms with Gasteiger partial charge in [-0.2, -0.15) is 0 Å². The fourth-order valence-electron chi connectivity index (χ4n) is 3.37. The minimum atomic E-state index is -0.411. The van der Waals surface area contributed by atoms with Gasteiger partial charge in [-0.3, -0.25) is 4.79 Å². The lowest BCUT2D eigenvalue weighted by atomic mass is 10.1. The van der Waals surface area contributed by atoms with Crippen LogP contribution in [0.1, 0.15) is 9.67 Å². The first-order chi connectivity index (χ1) is 15.0. The summed E-state index contributed by atoms with van der Waals surface area (Å²) in [5, 5.41) is 5.47. The van der Waals surface area contributed by atoms with Crippen LogP contribution in [-0.4, -0.2) is 5.91 Å². The second-order valence-corrected chi connectivity index (χ2v) is 8.77. The molecule has 0 aliphatic heterocycles. The van der Waals surface area contributed by atoms with Crippen LogP contribution < -0.4 is 10.9 Å². The molecule has 31 heavy (non-hydrogen) atoms. The second kappa shape index (κ2) is 7.85. The Morgan fingerprint density at radius 1 is 0.935 bits per heavy atom. The Morgan fingerprint density at radius 2 is 1.71 bits per heavy atom. The number of anilines is 1. The van der Waals surface area contributed by atoms with Gasteiger partial charge in [-0.05, 0) is 42.0 Å². The Balaban J connectivity index is 1.42. The molecule has 5 aromatic rings. The molecular weight excluding hydrogens is 453 g/mol. The molecule has 0 spiro atoms. The van der Waals surface area contributed by atoms with Crippen LogP contribution in [0, 0.1) is 0 Å². The summed E-state index contributed by atoms with van der Waals surface area (Å²) in [6, 6.07) is 21.5. The number of amides is 1. The fourth-order valence-corrected chi connectivity index (χ4v) is 5.06. The molecular formula is C24H13Cl2NO3S. The van der Waals surface area contributed by atoms with E-state index in [0.717, 1.165) is 15.5 Å². The molecule has 0 fully saturated rings. The van der Waals surface area contributed by atoms with Crippen LogP contribution in [0.15, 0.2) is 82.0 Å². The molecule has 152 valence electrons. The lowest BCUT2D eigenvalue weighted by Crippen LogP contribution is -2.10. The van der Waals surface area contributed by atoms with Crippen LogP contribution >= 0.6 is 34.5 Å². The summed E-state index contributed by atoms with van der Waals surface area (Å²) in [6.45, 7) is 0. The third kappa shape index (κ3) is 3.72. The molecule has 0 radical (unpaired) electrons. The van der Waals surface area contributed by atoms with Crippen molar-refractivity contribution in [2.24, 2.45) is 0 Å². The molecule has 3 aromatic carbocycles. The average Bonchev–Trinajstić information content (AvgIpc) is 3.09. The minimum absolute atomic E-state index is 0.305. The monoisotopic (exact) mass is 465 g/mol. The number of hydrogen-bond donors (Lipinski definition) is 1. The van der Waals surface area contributed by atoms with Crippen molar-refractivity contribution >= 4 is 67.2 Å². The number of thiophene rings is 1. The maximum absolute atomic E-state index is 12.8. The molecule has 0 atom stereocenters. The summed E-state index contributed by atoms with van der Waals surface area (Å²) in [7, 11) is 0. The van der Waals surface area contributed by atoms with E-state index < -0.39 is 5.63 Å². The zero-order valence-electron chi connectivity index (χ0n) is 15.8. The van der Waals surface area contributed by atoms with Gasteiger partial charge in [0, 0.05) is 26.2 Å². The minimum Gasteiger partial charge on any atom is -0.422 e. The van der Waals surface area contributed by atoms with E-state index in [2.05, 4.69) is 5.32 Å². The number of carbonyl (C=O) groups is 1. The summed E-state index contributed by atoms with van der Waals surface area (Å²) in [4.78, 5) is 25.5. The molecule has 4 nitrogen and oxygen atoms in total. The van der Waals surface area contributed by atoms with E-state index >= 15 is 0 Å². The van der Waals surface area contributed by atoms with Gasteiger partial charge in [0.15, 0.2) is 0 Å². The number of fused-ring (bicyclic) bond motifs is 2. The van der Waals surface area contributed by atoms with Crippen LogP contribution in [0.4, 0.5) is 5.69 Å². The number of benzene rings is 3. The topological polar surface area (TPSA) is 59.3 Å². The lowest BCUT2D eigenvalue weighted by molar-refractivity contribution is 0.103. The smallest absolute Gasteiger partial charge is 0.344 e. The maximum atomic E-state index is 12.8. The first-order valence-electron chi connectivity index (χ1n) is 9.32. The Labute approximate surface area is 190 Å². The van der Waals surface area contributed by atoms with E-state index in [-0.39, 0.29) is 5.91 Å². The molecule has 1 N–H and O–H groups in total. The highest BCUT2D eigenvalue weighted by Gasteiger charge is 2.18. The van der Waals surface area contributed by atoms with Crippen LogP contribution in [0.2, 0.25) is 10.0 Å². The summed E-state index contributed by atoms with van der Waals surface area (Å²) < 4.78 is 6.25. The Kier molecular flexibility index (Phi) is 5.02. The number of nitrogens with one attached hydrogen (secondary N) is 1. The van der Waals surface area contributed by atoms with Crippen molar-refractivity contribution in [1.29, 1.82) is 0 Å². The van der Waals surface area contributed by atoms with Gasteiger partial charge in [0.25, 0.3) is 5.91 Å². The van der Waals surface area contributed by atoms with E-state index in [9.17, 15) is 9.59 Å². The quantitative estimate of drug-likeness (QED) is 0.285. The van der Waals surface area contributed by atoms with Crippen LogP contribution in [-0.2, 0) is 0 Å². The van der Waals surface area contributed by atoms with Gasteiger partial charge in [0.05, 0.1) is 10.6 Å². The van der Waals surface area contributed by atoms with Crippen LogP contribution in [0.5, 0.6) is 0 Å². The van der Waals surface area contributed by atoms with Crippen molar-refractivity contribution in [2.75, 3.05) is 5.32 Å². The number of carbonyl (C=O) groups excluding carboxylic acids is 1. The lowest BCUT2D eigenvalue weighted by Gasteiger charge is -2.06. The summed E-state index contributed by atoms with van der Waals surface area (Å²) in [6.07, 6.45) is 0. The highest BCUT2D eigenvalue weighted by molar-refractivity contribution is 7.21. The Bertz CT molecular complexity index is 1520. The van der Waals surface area contributed by atoms with E-state index in [4.69, 9.17) is 27.6 Å². The second-order valence-electron chi connectivity index (χ2n) is 6.90. The molecule has 0 aliphatic rings. The molecule has 5 rings (SSSR count). The molecule has 0 saturated heterocycles. The third-order valence-corrected chi connectivity index (χ3v) is 6.78. The van der Waals surface area contributed by atoms with E-state index in [0.29, 0.717) is 37.3 Å². The van der Waals surface area contributed by atoms with Gasteiger partial charge in [-0.15, -0.1) is 11.3 Å². The first-order valence-corrected chi connectivity index (χ1v) is 10.9. The summed E-state index contributed by atoms with van der Waals surface area (Å²) >= 11 is 13.7. The molecule has 1 amide bonds. The van der Waals surface area contributed by atoms with Gasteiger partial charge in [0.1, 0.15) is 10.5 Å². The maximum Gasteiger partial charge on any atom is 0.344 e. The molecule has 2 aromatic heterocycles. The zero-order valence-corrected chi connectivity index (χ0v) is 18.1. The van der Waals surface area contributed by atoms with E-state index in [1.165, 1.54) is 11.3 Å². The highest BCUT2D eigenvalue weighted by Crippen LogP contribution is 2.37. The van der Waals surface area contributed by atoms with Gasteiger partial charge in [0.2, 0.25) is 0 Å². The number of para-hydroxylation sites is 1. The molecule has 0 unspecified atom stereocenters. The SMILES string of the molecule is O=C(Nc1ccc(-c2cc3ccccc3oc2=O)cc1)c1sc2cc(Cl)ccc2c1Cl. The molecule has 0 aliphatic carbocycles. The van der Waals surface area contributed by atoms with Crippen molar-refractivity contribution in [2.45, 2.75) is 0 Å². The molecule has 2 heterocycles. The van der Waals surface area contributed by atoms with Gasteiger partial charge in [-0.1, -0.05) is 59.6 Å². The Morgan fingerprint density at radius 3 is 2.52 bits per heavy atom. The molecule has 0 bridgehead atoms. The standard InChI is InChI=1S/C24H13Cl2NO3S/c25-15-7-10-17-20(12-15)31-22(21(17)26)23(28)27-16-8-5-13(6-9-16)18-11-14-3-1-2-4-19(14)30-24(18)29/h1-12H,(H,27,28). The highest BCUT2D eigenvalue weighted by atomic mass is 35.5. The number of hydrogen-bond acceptors (Lipinski definition) is 4. The predicted octanol–water partition coefficient (Wildman–Crippen LogP) is 7.23. The molecule has 7 heteroatoms. The fraction of sp³-hybridized carbons (Fsp3) is 0. The average molecular weight is 466 g/mol. The van der Waals surface area contributed by atoms with E-state index in [1.807, 2.05) is 18.2 Å². The zero-order chi connectivity index (χ0) is 21.5. The number of halogens is 2. The van der Waals surface area contributed by atoms with E-state index in [1.54, 1.807) is 54.6 Å². The normalized spacial score (nSPS) is 11.2. The summed E-state index contributed by atoms with van der Waals surface area (Å²) in [5.41, 5.74) is 1.88. The van der Waals surface area contributed by atoms with Crippen LogP contribution in [0.3, 0.4) is 0 Å². The van der Waals surface area contributed by atoms with Gasteiger partial charge in [-0.25, -0.2) is 4.79 Å². The van der Waals surface area contributed by atoms with Crippen molar-refractivity contribution < 1.29 is 9.21 Å². The van der Waals surface area contributed by atoms with Crippen LogP contribution in [0.25, 0.3) is 32.2 Å². The third-order valence-electron chi connectivity index (χ3n) is 4.89. The van der Waals surface area contributed by atoms with Crippen molar-refractivity contribution in [1.82, 2.24) is 0 Å². The van der Waals surface area contributed by atoms with Crippen molar-refractivity contribution in [3.8, 4) is 11.1 Å². The Hall–Kier alpha value is -3.12. The molecule has 0 saturated carbocycles. The van der Waals surface area contributed by atoms with Crippen molar-refractivity contribution in [3.05, 3.63) is 98.1 Å². The number of rotatable bonds is 3. The summed E-state index contributed by atoms with van der Waals surface area (Å²) in [5.74, 6) is -0.305. The predicted molar refractivity (Wildman–Crippen MR) is 128 cm³/mol.